The molecule has 0 bridgehead atoms. The Morgan fingerprint density at radius 3 is 2.39 bits per heavy atom. The Hall–Kier alpha value is -1.40. The lowest BCUT2D eigenvalue weighted by molar-refractivity contribution is -0.138. The number of carboxylic acids is 1. The molecular weight excluding hydrogens is 316 g/mol. The molecule has 23 heavy (non-hydrogen) atoms. The molecule has 0 aliphatic rings. The summed E-state index contributed by atoms with van der Waals surface area (Å²) in [7, 11) is -3.95. The van der Waals surface area contributed by atoms with Gasteiger partial charge >= 0.3 is 5.97 Å². The summed E-state index contributed by atoms with van der Waals surface area (Å²) in [6.45, 7) is 5.94. The first-order valence-electron chi connectivity index (χ1n) is 7.96. The molecule has 0 radical (unpaired) electrons. The van der Waals surface area contributed by atoms with E-state index in [1.807, 2.05) is 13.8 Å². The van der Waals surface area contributed by atoms with Gasteiger partial charge in [-0.2, -0.15) is 8.42 Å². The monoisotopic (exact) mass is 342 g/mol. The van der Waals surface area contributed by atoms with E-state index in [4.69, 9.17) is 9.29 Å². The molecule has 0 aliphatic heterocycles. The second-order valence-corrected chi connectivity index (χ2v) is 7.64. The van der Waals surface area contributed by atoms with Crippen molar-refractivity contribution in [1.29, 1.82) is 0 Å². The van der Waals surface area contributed by atoms with Crippen LogP contribution in [0.5, 0.6) is 0 Å². The van der Waals surface area contributed by atoms with Crippen molar-refractivity contribution in [3.63, 3.8) is 0 Å². The number of carboxylic acid groups (broad SMARTS) is 1. The Morgan fingerprint density at radius 2 is 1.87 bits per heavy atom. The highest BCUT2D eigenvalue weighted by molar-refractivity contribution is 7.86. The molecule has 2 atom stereocenters. The van der Waals surface area contributed by atoms with Gasteiger partial charge in [0, 0.05) is 0 Å². The normalized spacial score (nSPS) is 14.4. The van der Waals surface area contributed by atoms with Gasteiger partial charge in [-0.05, 0) is 31.4 Å². The average molecular weight is 342 g/mol. The van der Waals surface area contributed by atoms with E-state index in [0.29, 0.717) is 6.42 Å². The third-order valence-electron chi connectivity index (χ3n) is 3.69. The van der Waals surface area contributed by atoms with E-state index < -0.39 is 22.2 Å². The van der Waals surface area contributed by atoms with Crippen LogP contribution in [0, 0.1) is 12.8 Å². The van der Waals surface area contributed by atoms with Crippen molar-refractivity contribution in [2.24, 2.45) is 5.92 Å². The molecule has 0 fully saturated rings. The van der Waals surface area contributed by atoms with Crippen molar-refractivity contribution in [3.8, 4) is 0 Å². The second-order valence-electron chi connectivity index (χ2n) is 6.07. The lowest BCUT2D eigenvalue weighted by Crippen LogP contribution is -2.24. The van der Waals surface area contributed by atoms with E-state index in [2.05, 4.69) is 6.92 Å². The summed E-state index contributed by atoms with van der Waals surface area (Å²) >= 11 is 0. The molecular formula is C17H26O5S. The second kappa shape index (κ2) is 9.03. The molecule has 5 nitrogen and oxygen atoms in total. The van der Waals surface area contributed by atoms with Crippen LogP contribution in [0.3, 0.4) is 0 Å². The van der Waals surface area contributed by atoms with Gasteiger partial charge in [-0.1, -0.05) is 50.8 Å². The summed E-state index contributed by atoms with van der Waals surface area (Å²) in [6.07, 6.45) is 2.27. The van der Waals surface area contributed by atoms with Crippen molar-refractivity contribution >= 4 is 16.1 Å². The SMILES string of the molecule is CCCC[C@@H](C)CC(CC(=O)O)OS(=O)(=O)c1ccc(C)cc1. The van der Waals surface area contributed by atoms with Crippen LogP contribution in [-0.2, 0) is 19.1 Å². The molecule has 6 heteroatoms. The molecule has 0 heterocycles. The summed E-state index contributed by atoms with van der Waals surface area (Å²) in [4.78, 5) is 11.1. The van der Waals surface area contributed by atoms with Gasteiger partial charge in [0.1, 0.15) is 0 Å². The number of rotatable bonds is 10. The maximum atomic E-state index is 12.3. The molecule has 0 aromatic heterocycles. The predicted octanol–water partition coefficient (Wildman–Crippen LogP) is 3.76. The minimum atomic E-state index is -3.95. The molecule has 0 saturated carbocycles. The highest BCUT2D eigenvalue weighted by Crippen LogP contribution is 2.22. The van der Waals surface area contributed by atoms with Crippen LogP contribution in [0.2, 0.25) is 0 Å². The maximum Gasteiger partial charge on any atom is 0.306 e. The number of aryl methyl sites for hydroxylation is 1. The fourth-order valence-electron chi connectivity index (χ4n) is 2.41. The van der Waals surface area contributed by atoms with Crippen LogP contribution in [0.4, 0.5) is 0 Å². The zero-order valence-electron chi connectivity index (χ0n) is 14.0. The first kappa shape index (κ1) is 19.6. The lowest BCUT2D eigenvalue weighted by atomic mass is 9.96. The standard InChI is InChI=1S/C17H26O5S/c1-4-5-6-14(3)11-15(12-17(18)19)22-23(20,21)16-9-7-13(2)8-10-16/h7-10,14-15H,4-6,11-12H2,1-3H3,(H,18,19)/t14-,15?/m1/s1. The van der Waals surface area contributed by atoms with E-state index in [1.54, 1.807) is 12.1 Å². The third-order valence-corrected chi connectivity index (χ3v) is 5.07. The van der Waals surface area contributed by atoms with E-state index in [0.717, 1.165) is 24.8 Å². The van der Waals surface area contributed by atoms with Gasteiger partial charge in [0.2, 0.25) is 0 Å². The molecule has 0 amide bonds. The van der Waals surface area contributed by atoms with Crippen LogP contribution in [-0.4, -0.2) is 25.6 Å². The zero-order chi connectivity index (χ0) is 17.5. The minimum Gasteiger partial charge on any atom is -0.481 e. The van der Waals surface area contributed by atoms with Gasteiger partial charge in [0.15, 0.2) is 0 Å². The van der Waals surface area contributed by atoms with Crippen LogP contribution in [0.1, 0.15) is 51.5 Å². The Morgan fingerprint density at radius 1 is 1.26 bits per heavy atom. The van der Waals surface area contributed by atoms with Gasteiger partial charge in [-0.3, -0.25) is 8.98 Å². The number of hydrogen-bond acceptors (Lipinski definition) is 4. The van der Waals surface area contributed by atoms with Crippen molar-refractivity contribution in [3.05, 3.63) is 29.8 Å². The van der Waals surface area contributed by atoms with E-state index in [-0.39, 0.29) is 17.2 Å². The fraction of sp³-hybridized carbons (Fsp3) is 0.588. The van der Waals surface area contributed by atoms with E-state index in [9.17, 15) is 13.2 Å². The molecule has 1 N–H and O–H groups in total. The Balaban J connectivity index is 2.82. The van der Waals surface area contributed by atoms with Gasteiger partial charge in [0.25, 0.3) is 10.1 Å². The third kappa shape index (κ3) is 7.14. The Kier molecular flexibility index (Phi) is 7.72. The number of carbonyl (C=O) groups is 1. The van der Waals surface area contributed by atoms with Crippen LogP contribution >= 0.6 is 0 Å². The minimum absolute atomic E-state index is 0.0553. The van der Waals surface area contributed by atoms with Gasteiger partial charge in [-0.15, -0.1) is 0 Å². The molecule has 0 spiro atoms. The molecule has 1 aromatic rings. The molecule has 0 saturated heterocycles. The zero-order valence-corrected chi connectivity index (χ0v) is 14.8. The highest BCUT2D eigenvalue weighted by atomic mass is 32.2. The smallest absolute Gasteiger partial charge is 0.306 e. The van der Waals surface area contributed by atoms with Crippen molar-refractivity contribution < 1.29 is 22.5 Å². The van der Waals surface area contributed by atoms with E-state index >= 15 is 0 Å². The first-order valence-corrected chi connectivity index (χ1v) is 9.37. The summed E-state index contributed by atoms with van der Waals surface area (Å²) < 4.78 is 29.8. The number of aliphatic carboxylic acids is 1. The first-order chi connectivity index (χ1) is 10.7. The summed E-state index contributed by atoms with van der Waals surface area (Å²) in [5.41, 5.74) is 0.944. The molecule has 130 valence electrons. The van der Waals surface area contributed by atoms with Crippen LogP contribution in [0.25, 0.3) is 0 Å². The maximum absolute atomic E-state index is 12.3. The fourth-order valence-corrected chi connectivity index (χ4v) is 3.50. The summed E-state index contributed by atoms with van der Waals surface area (Å²) in [6, 6.07) is 6.32. The molecule has 0 aliphatic carbocycles. The lowest BCUT2D eigenvalue weighted by Gasteiger charge is -2.20. The summed E-state index contributed by atoms with van der Waals surface area (Å²) in [5, 5.41) is 9.00. The quantitative estimate of drug-likeness (QED) is 0.655. The molecule has 1 unspecified atom stereocenters. The largest absolute Gasteiger partial charge is 0.481 e. The number of hydrogen-bond donors (Lipinski definition) is 1. The van der Waals surface area contributed by atoms with Gasteiger partial charge in [0.05, 0.1) is 17.4 Å². The Bertz CT molecular complexity index is 592. The van der Waals surface area contributed by atoms with Crippen LogP contribution < -0.4 is 0 Å². The van der Waals surface area contributed by atoms with Crippen molar-refractivity contribution in [1.82, 2.24) is 0 Å². The van der Waals surface area contributed by atoms with Gasteiger partial charge < -0.3 is 5.11 Å². The number of unbranched alkanes of at least 4 members (excludes halogenated alkanes) is 1. The van der Waals surface area contributed by atoms with E-state index in [1.165, 1.54) is 12.1 Å². The average Bonchev–Trinajstić information content (AvgIpc) is 2.44. The number of benzene rings is 1. The summed E-state index contributed by atoms with van der Waals surface area (Å²) in [5.74, 6) is -0.843. The topological polar surface area (TPSA) is 80.7 Å². The van der Waals surface area contributed by atoms with Crippen molar-refractivity contribution in [2.45, 2.75) is 63.9 Å². The van der Waals surface area contributed by atoms with Gasteiger partial charge in [-0.25, -0.2) is 0 Å². The molecule has 1 rings (SSSR count). The van der Waals surface area contributed by atoms with Crippen LogP contribution in [0.15, 0.2) is 29.2 Å². The Labute approximate surface area is 138 Å². The molecule has 1 aromatic carbocycles. The van der Waals surface area contributed by atoms with Crippen molar-refractivity contribution in [2.75, 3.05) is 0 Å². The predicted molar refractivity (Wildman–Crippen MR) is 88.8 cm³/mol. The highest BCUT2D eigenvalue weighted by Gasteiger charge is 2.25.